The smallest absolute Gasteiger partial charge is 0.221 e. The van der Waals surface area contributed by atoms with Crippen LogP contribution in [-0.4, -0.2) is 49.6 Å². The van der Waals surface area contributed by atoms with Gasteiger partial charge in [0, 0.05) is 7.05 Å². The lowest BCUT2D eigenvalue weighted by atomic mass is 11.1. The molecule has 0 aromatic heterocycles. The lowest BCUT2D eigenvalue weighted by Crippen LogP contribution is -1.96. The first kappa shape index (κ1) is 10.4. The molecule has 64 valence electrons. The first-order valence-corrected chi connectivity index (χ1v) is 3.28. The van der Waals surface area contributed by atoms with Crippen LogP contribution in [0.4, 0.5) is 0 Å². The van der Waals surface area contributed by atoms with Crippen LogP contribution < -0.4 is 0 Å². The minimum Gasteiger partial charge on any atom is -0.221 e. The van der Waals surface area contributed by atoms with E-state index in [1.165, 1.54) is 4.81 Å². The van der Waals surface area contributed by atoms with Crippen molar-refractivity contribution in [2.75, 3.05) is 28.2 Å². The number of aliphatic imine (C=N–C) groups is 1. The molecule has 0 aliphatic rings. The average Bonchev–Trinajstić information content (AvgIpc) is 2.01. The fraction of sp³-hybridized carbons (Fsp3) is 0.667. The number of hydrazone groups is 1. The highest BCUT2D eigenvalue weighted by atomic mass is 15.6. The van der Waals surface area contributed by atoms with Crippen molar-refractivity contribution in [2.45, 2.75) is 0 Å². The van der Waals surface area contributed by atoms with E-state index in [1.807, 2.05) is 14.1 Å². The minimum atomic E-state index is 1.26. The molecule has 0 unspecified atom stereocenters. The van der Waals surface area contributed by atoms with Crippen LogP contribution in [0.25, 0.3) is 0 Å². The Hall–Kier alpha value is -1.64. The van der Waals surface area contributed by atoms with Crippen LogP contribution >= 0.6 is 0 Å². The Labute approximate surface area is 71.0 Å². The van der Waals surface area contributed by atoms with Gasteiger partial charge in [0.25, 0.3) is 6.01 Å². The molecule has 0 aliphatic carbocycles. The second kappa shape index (κ2) is 6.09. The lowest BCUT2D eigenvalue weighted by molar-refractivity contribution is -0.577. The van der Waals surface area contributed by atoms with Gasteiger partial charge in [-0.3, -0.25) is 0 Å². The highest BCUT2D eigenvalue weighted by Crippen LogP contribution is 1.73. The van der Waals surface area contributed by atoms with Crippen molar-refractivity contribution < 1.29 is 9.38 Å². The Kier molecular flexibility index (Phi) is 5.26. The topological polar surface area (TPSA) is 55.5 Å². The summed E-state index contributed by atoms with van der Waals surface area (Å²) in [5.74, 6) is 0. The fourth-order valence-electron chi connectivity index (χ4n) is 0.304. The Morgan fingerprint density at radius 2 is 1.83 bits per heavy atom. The van der Waals surface area contributed by atoms with E-state index in [4.69, 9.17) is 0 Å². The van der Waals surface area contributed by atoms with Crippen LogP contribution in [-0.2, 0) is 0 Å². The molecule has 0 saturated carbocycles. The molecule has 0 spiro atoms. The highest BCUT2D eigenvalue weighted by Gasteiger charge is 1.93. The van der Waals surface area contributed by atoms with E-state index in [0.29, 0.717) is 0 Å². The molecule has 12 heavy (non-hydrogen) atoms. The molecule has 0 atom stereocenters. The number of nitrogens with zero attached hydrogens (tertiary/aromatic N) is 6. The van der Waals surface area contributed by atoms with Gasteiger partial charge in [-0.05, 0) is 0 Å². The van der Waals surface area contributed by atoms with E-state index in [9.17, 15) is 0 Å². The Bertz CT molecular complexity index is 283. The third-order valence-electron chi connectivity index (χ3n) is 0.708. The summed E-state index contributed by atoms with van der Waals surface area (Å²) in [5, 5.41) is 10.8. The standard InChI is InChI=1S/C6H12N6/c1-7-5-8-10-12(4)9-6-11(2)3/h1-4H3/q+2. The lowest BCUT2D eigenvalue weighted by Gasteiger charge is -1.70. The van der Waals surface area contributed by atoms with Gasteiger partial charge in [0.05, 0.1) is 18.9 Å². The van der Waals surface area contributed by atoms with Crippen LogP contribution in [0, 0.1) is 0 Å². The molecule has 0 saturated heterocycles. The summed E-state index contributed by atoms with van der Waals surface area (Å²) in [6, 6.07) is 4.95. The predicted molar refractivity (Wildman–Crippen MR) is 43.9 cm³/mol. The maximum atomic E-state index is 3.76. The maximum absolute atomic E-state index is 3.76. The summed E-state index contributed by atoms with van der Waals surface area (Å²) in [6.07, 6.45) is 0. The van der Waals surface area contributed by atoms with Crippen LogP contribution in [0.2, 0.25) is 0 Å². The summed E-state index contributed by atoms with van der Waals surface area (Å²) in [7, 11) is 6.83. The maximum Gasteiger partial charge on any atom is 0.365 e. The zero-order valence-electron chi connectivity index (χ0n) is 7.68. The molecule has 0 aromatic carbocycles. The minimum absolute atomic E-state index is 1.26. The van der Waals surface area contributed by atoms with E-state index in [-0.39, 0.29) is 0 Å². The van der Waals surface area contributed by atoms with E-state index in [2.05, 4.69) is 32.4 Å². The van der Waals surface area contributed by atoms with Gasteiger partial charge in [0.2, 0.25) is 5.10 Å². The molecule has 0 amide bonds. The second-order valence-electron chi connectivity index (χ2n) is 2.10. The summed E-state index contributed by atoms with van der Waals surface area (Å²) < 4.78 is 1.67. The van der Waals surface area contributed by atoms with Gasteiger partial charge in [0.1, 0.15) is 5.10 Å². The Morgan fingerprint density at radius 3 is 2.33 bits per heavy atom. The highest BCUT2D eigenvalue weighted by molar-refractivity contribution is 5.39. The van der Waals surface area contributed by atoms with Gasteiger partial charge in [-0.1, -0.05) is 0 Å². The van der Waals surface area contributed by atoms with Gasteiger partial charge < -0.3 is 0 Å². The van der Waals surface area contributed by atoms with Crippen molar-refractivity contribution in [1.29, 1.82) is 0 Å². The van der Waals surface area contributed by atoms with E-state index in [0.717, 1.165) is 0 Å². The second-order valence-corrected chi connectivity index (χ2v) is 2.10. The number of hydrogen-bond donors (Lipinski definition) is 0. The fourth-order valence-corrected chi connectivity index (χ4v) is 0.304. The van der Waals surface area contributed by atoms with Gasteiger partial charge in [-0.25, -0.2) is 9.57 Å². The molecular formula is C6H12N6+2. The first-order valence-electron chi connectivity index (χ1n) is 3.28. The summed E-state index contributed by atoms with van der Waals surface area (Å²) in [4.78, 5) is 4.76. The van der Waals surface area contributed by atoms with Crippen molar-refractivity contribution in [2.24, 2.45) is 20.4 Å². The molecule has 0 heterocycles. The monoisotopic (exact) mass is 168 g/mol. The summed E-state index contributed by atoms with van der Waals surface area (Å²) in [6.45, 7) is 0. The zero-order valence-corrected chi connectivity index (χ0v) is 7.68. The van der Waals surface area contributed by atoms with Crippen molar-refractivity contribution in [3.8, 4) is 0 Å². The van der Waals surface area contributed by atoms with E-state index >= 15 is 0 Å². The molecule has 0 rings (SSSR count). The third kappa shape index (κ3) is 6.48. The van der Waals surface area contributed by atoms with Gasteiger partial charge >= 0.3 is 6.01 Å². The molecule has 6 nitrogen and oxygen atoms in total. The van der Waals surface area contributed by atoms with Crippen molar-refractivity contribution in [3.63, 3.8) is 0 Å². The van der Waals surface area contributed by atoms with Crippen LogP contribution in [0.3, 0.4) is 0 Å². The zero-order chi connectivity index (χ0) is 9.40. The van der Waals surface area contributed by atoms with Crippen molar-refractivity contribution in [3.05, 3.63) is 0 Å². The SMILES string of the molecule is CN=C=NN=[N+](C)N=C=[N+](C)C. The Balaban J connectivity index is 4.42. The average molecular weight is 168 g/mol. The first-order chi connectivity index (χ1) is 5.66. The van der Waals surface area contributed by atoms with Crippen molar-refractivity contribution >= 4 is 12.0 Å². The van der Waals surface area contributed by atoms with Crippen LogP contribution in [0.15, 0.2) is 20.4 Å². The Morgan fingerprint density at radius 1 is 1.17 bits per heavy atom. The quantitative estimate of drug-likeness (QED) is 0.244. The molecule has 0 radical (unpaired) electrons. The normalized spacial score (nSPS) is 9.50. The largest absolute Gasteiger partial charge is 0.365 e. The molecule has 0 N–H and O–H groups in total. The van der Waals surface area contributed by atoms with Crippen LogP contribution in [0.1, 0.15) is 0 Å². The van der Waals surface area contributed by atoms with Crippen molar-refractivity contribution in [1.82, 2.24) is 0 Å². The molecule has 0 fully saturated rings. The molecule has 0 aromatic rings. The molecular weight excluding hydrogens is 156 g/mol. The summed E-state index contributed by atoms with van der Waals surface area (Å²) in [5.41, 5.74) is 0. The van der Waals surface area contributed by atoms with Gasteiger partial charge in [-0.15, -0.1) is 0 Å². The predicted octanol–water partition coefficient (Wildman–Crippen LogP) is 0.161. The van der Waals surface area contributed by atoms with Gasteiger partial charge in [-0.2, -0.15) is 0 Å². The molecule has 0 aliphatic heterocycles. The third-order valence-corrected chi connectivity index (χ3v) is 0.708. The van der Waals surface area contributed by atoms with Gasteiger partial charge in [0.15, 0.2) is 12.3 Å². The number of rotatable bonds is 2. The molecule has 0 bridgehead atoms. The van der Waals surface area contributed by atoms with Crippen LogP contribution in [0.5, 0.6) is 0 Å². The van der Waals surface area contributed by atoms with E-state index < -0.39 is 0 Å². The number of hydrogen-bond acceptors (Lipinski definition) is 2. The summed E-state index contributed by atoms with van der Waals surface area (Å²) >= 11 is 0. The molecule has 6 heteroatoms. The van der Waals surface area contributed by atoms with E-state index in [1.54, 1.807) is 18.7 Å².